The third-order valence-electron chi connectivity index (χ3n) is 4.55. The first kappa shape index (κ1) is 15.5. The van der Waals surface area contributed by atoms with Crippen molar-refractivity contribution in [3.8, 4) is 0 Å². The Morgan fingerprint density at radius 3 is 2.55 bits per heavy atom. The summed E-state index contributed by atoms with van der Waals surface area (Å²) in [6, 6.07) is 6.96. The number of aliphatic hydroxyl groups is 1. The topological polar surface area (TPSA) is 32.3 Å². The Hall–Kier alpha value is -0.860. The van der Waals surface area contributed by atoms with Crippen LogP contribution in [0.2, 0.25) is 0 Å². The van der Waals surface area contributed by atoms with Crippen LogP contribution in [0.25, 0.3) is 0 Å². The normalized spacial score (nSPS) is 28.4. The van der Waals surface area contributed by atoms with E-state index in [1.54, 1.807) is 0 Å². The summed E-state index contributed by atoms with van der Waals surface area (Å²) < 4.78 is 0. The lowest BCUT2D eigenvalue weighted by molar-refractivity contribution is -0.0134. The van der Waals surface area contributed by atoms with Gasteiger partial charge in [-0.1, -0.05) is 49.1 Å². The van der Waals surface area contributed by atoms with Gasteiger partial charge in [-0.15, -0.1) is 0 Å². The molecule has 0 heterocycles. The fourth-order valence-electron chi connectivity index (χ4n) is 3.51. The van der Waals surface area contributed by atoms with Gasteiger partial charge in [-0.3, -0.25) is 0 Å². The Balaban J connectivity index is 1.96. The molecule has 0 amide bonds. The van der Waals surface area contributed by atoms with Crippen molar-refractivity contribution in [3.63, 3.8) is 0 Å². The van der Waals surface area contributed by atoms with Crippen molar-refractivity contribution in [1.29, 1.82) is 0 Å². The van der Waals surface area contributed by atoms with Crippen molar-refractivity contribution < 1.29 is 5.11 Å². The lowest BCUT2D eigenvalue weighted by Crippen LogP contribution is -2.44. The van der Waals surface area contributed by atoms with Crippen molar-refractivity contribution in [2.75, 3.05) is 6.54 Å². The van der Waals surface area contributed by atoms with Gasteiger partial charge in [0, 0.05) is 12.6 Å². The molecule has 20 heavy (non-hydrogen) atoms. The predicted molar refractivity (Wildman–Crippen MR) is 84.9 cm³/mol. The standard InChI is InChI=1S/C18H29NO/c1-13-6-5-7-18(20,11-13)12-19-16(4)17-9-14(2)8-15(3)10-17/h8-10,13,16,19-20H,5-7,11-12H2,1-4H3. The maximum absolute atomic E-state index is 10.7. The zero-order valence-electron chi connectivity index (χ0n) is 13.4. The van der Waals surface area contributed by atoms with E-state index in [4.69, 9.17) is 0 Å². The quantitative estimate of drug-likeness (QED) is 0.873. The van der Waals surface area contributed by atoms with Crippen molar-refractivity contribution in [3.05, 3.63) is 34.9 Å². The van der Waals surface area contributed by atoms with Gasteiger partial charge in [-0.05, 0) is 45.1 Å². The van der Waals surface area contributed by atoms with Crippen molar-refractivity contribution >= 4 is 0 Å². The molecule has 2 N–H and O–H groups in total. The van der Waals surface area contributed by atoms with E-state index in [0.29, 0.717) is 12.5 Å². The molecule has 0 aromatic heterocycles. The molecule has 3 atom stereocenters. The number of benzene rings is 1. The Labute approximate surface area is 123 Å². The maximum atomic E-state index is 10.7. The smallest absolute Gasteiger partial charge is 0.0774 e. The highest BCUT2D eigenvalue weighted by atomic mass is 16.3. The van der Waals surface area contributed by atoms with Crippen LogP contribution in [0.5, 0.6) is 0 Å². The van der Waals surface area contributed by atoms with E-state index in [2.05, 4.69) is 51.2 Å². The number of hydrogen-bond donors (Lipinski definition) is 2. The molecule has 1 saturated carbocycles. The van der Waals surface area contributed by atoms with Crippen LogP contribution in [0.4, 0.5) is 0 Å². The van der Waals surface area contributed by atoms with Gasteiger partial charge in [0.2, 0.25) is 0 Å². The van der Waals surface area contributed by atoms with Gasteiger partial charge in [0.25, 0.3) is 0 Å². The Morgan fingerprint density at radius 2 is 1.95 bits per heavy atom. The third-order valence-corrected chi connectivity index (χ3v) is 4.55. The van der Waals surface area contributed by atoms with Crippen LogP contribution < -0.4 is 5.32 Å². The van der Waals surface area contributed by atoms with Gasteiger partial charge < -0.3 is 10.4 Å². The minimum Gasteiger partial charge on any atom is -0.389 e. The second-order valence-corrected chi connectivity index (χ2v) is 6.95. The molecule has 1 aromatic carbocycles. The average Bonchev–Trinajstić information content (AvgIpc) is 2.34. The second kappa shape index (κ2) is 6.28. The molecule has 2 rings (SSSR count). The fraction of sp³-hybridized carbons (Fsp3) is 0.667. The Kier molecular flexibility index (Phi) is 4.87. The number of rotatable bonds is 4. The van der Waals surface area contributed by atoms with Crippen LogP contribution >= 0.6 is 0 Å². The number of nitrogens with one attached hydrogen (secondary N) is 1. The van der Waals surface area contributed by atoms with Crippen LogP contribution in [-0.2, 0) is 0 Å². The largest absolute Gasteiger partial charge is 0.389 e. The average molecular weight is 275 g/mol. The highest BCUT2D eigenvalue weighted by Gasteiger charge is 2.32. The Bertz CT molecular complexity index is 436. The molecule has 2 nitrogen and oxygen atoms in total. The summed E-state index contributed by atoms with van der Waals surface area (Å²) in [5.74, 6) is 0.645. The molecule has 1 fully saturated rings. The molecule has 2 heteroatoms. The predicted octanol–water partition coefficient (Wildman–Crippen LogP) is 3.90. The van der Waals surface area contributed by atoms with Crippen molar-refractivity contribution in [2.24, 2.45) is 5.92 Å². The first-order valence-electron chi connectivity index (χ1n) is 7.92. The van der Waals surface area contributed by atoms with E-state index in [0.717, 1.165) is 19.3 Å². The third kappa shape index (κ3) is 4.07. The van der Waals surface area contributed by atoms with Crippen LogP contribution in [0, 0.1) is 19.8 Å². The molecule has 0 aliphatic heterocycles. The molecule has 0 saturated heterocycles. The van der Waals surface area contributed by atoms with Gasteiger partial charge >= 0.3 is 0 Å². The van der Waals surface area contributed by atoms with E-state index in [1.807, 2.05) is 0 Å². The highest BCUT2D eigenvalue weighted by Crippen LogP contribution is 2.32. The summed E-state index contributed by atoms with van der Waals surface area (Å²) in [6.07, 6.45) is 4.27. The summed E-state index contributed by atoms with van der Waals surface area (Å²) in [5.41, 5.74) is 3.41. The summed E-state index contributed by atoms with van der Waals surface area (Å²) in [6.45, 7) is 9.41. The molecule has 0 spiro atoms. The molecule has 3 unspecified atom stereocenters. The maximum Gasteiger partial charge on any atom is 0.0774 e. The van der Waals surface area contributed by atoms with Crippen molar-refractivity contribution in [2.45, 2.75) is 65.0 Å². The summed E-state index contributed by atoms with van der Waals surface area (Å²) in [4.78, 5) is 0. The van der Waals surface area contributed by atoms with Gasteiger partial charge in [-0.2, -0.15) is 0 Å². The van der Waals surface area contributed by atoms with E-state index in [-0.39, 0.29) is 6.04 Å². The molecule has 0 bridgehead atoms. The van der Waals surface area contributed by atoms with Crippen LogP contribution in [0.1, 0.15) is 62.3 Å². The molecule has 0 radical (unpaired) electrons. The van der Waals surface area contributed by atoms with Gasteiger partial charge in [0.05, 0.1) is 5.60 Å². The number of aryl methyl sites for hydroxylation is 2. The Morgan fingerprint density at radius 1 is 1.30 bits per heavy atom. The van der Waals surface area contributed by atoms with Gasteiger partial charge in [-0.25, -0.2) is 0 Å². The lowest BCUT2D eigenvalue weighted by atomic mass is 9.79. The van der Waals surface area contributed by atoms with Crippen LogP contribution in [0.3, 0.4) is 0 Å². The zero-order valence-corrected chi connectivity index (χ0v) is 13.4. The van der Waals surface area contributed by atoms with Crippen molar-refractivity contribution in [1.82, 2.24) is 5.32 Å². The molecule has 1 aromatic rings. The lowest BCUT2D eigenvalue weighted by Gasteiger charge is -2.36. The molecular weight excluding hydrogens is 246 g/mol. The minimum atomic E-state index is -0.509. The van der Waals surface area contributed by atoms with E-state index in [1.165, 1.54) is 23.1 Å². The zero-order chi connectivity index (χ0) is 14.8. The van der Waals surface area contributed by atoms with Crippen LogP contribution in [0.15, 0.2) is 18.2 Å². The first-order chi connectivity index (χ1) is 9.38. The van der Waals surface area contributed by atoms with E-state index in [9.17, 15) is 5.11 Å². The highest BCUT2D eigenvalue weighted by molar-refractivity contribution is 5.30. The first-order valence-corrected chi connectivity index (χ1v) is 7.92. The molecule has 112 valence electrons. The summed E-state index contributed by atoms with van der Waals surface area (Å²) in [7, 11) is 0. The monoisotopic (exact) mass is 275 g/mol. The summed E-state index contributed by atoms with van der Waals surface area (Å²) in [5, 5.41) is 14.2. The molecule has 1 aliphatic rings. The number of hydrogen-bond acceptors (Lipinski definition) is 2. The molecule has 1 aliphatic carbocycles. The van der Waals surface area contributed by atoms with Gasteiger partial charge in [0.15, 0.2) is 0 Å². The fourth-order valence-corrected chi connectivity index (χ4v) is 3.51. The van der Waals surface area contributed by atoms with Gasteiger partial charge in [0.1, 0.15) is 0 Å². The van der Waals surface area contributed by atoms with E-state index < -0.39 is 5.60 Å². The molecular formula is C18H29NO. The van der Waals surface area contributed by atoms with E-state index >= 15 is 0 Å². The minimum absolute atomic E-state index is 0.287. The van der Waals surface area contributed by atoms with Crippen LogP contribution in [-0.4, -0.2) is 17.3 Å². The second-order valence-electron chi connectivity index (χ2n) is 6.95. The summed E-state index contributed by atoms with van der Waals surface area (Å²) >= 11 is 0. The SMILES string of the molecule is Cc1cc(C)cc(C(C)NCC2(O)CCCC(C)C2)c1.